The number of hydrogen-bond donors (Lipinski definition) is 0. The van der Waals surface area contributed by atoms with E-state index in [0.29, 0.717) is 0 Å². The summed E-state index contributed by atoms with van der Waals surface area (Å²) in [7, 11) is -3.09. The van der Waals surface area contributed by atoms with Gasteiger partial charge in [0, 0.05) is 17.6 Å². The fourth-order valence-corrected chi connectivity index (χ4v) is 4.55. The molecule has 0 saturated carbocycles. The topological polar surface area (TPSA) is 54.5 Å². The van der Waals surface area contributed by atoms with E-state index in [0.717, 1.165) is 35.1 Å². The minimum atomic E-state index is -3.09. The van der Waals surface area contributed by atoms with E-state index in [1.807, 2.05) is 75.1 Å². The molecule has 0 unspecified atom stereocenters. The molecule has 1 amide bonds. The average molecular weight is 430 g/mol. The Kier molecular flexibility index (Phi) is 8.25. The lowest BCUT2D eigenvalue weighted by molar-refractivity contribution is 0.0643. The highest BCUT2D eigenvalue weighted by Crippen LogP contribution is 2.17. The number of carbonyl (C=O) groups is 1. The first-order valence-electron chi connectivity index (χ1n) is 10.7. The summed E-state index contributed by atoms with van der Waals surface area (Å²) in [6.07, 6.45) is 1.67. The summed E-state index contributed by atoms with van der Waals surface area (Å²) in [5.41, 5.74) is 3.83. The van der Waals surface area contributed by atoms with Crippen molar-refractivity contribution in [1.82, 2.24) is 4.90 Å². The van der Waals surface area contributed by atoms with Gasteiger partial charge in [0.2, 0.25) is 0 Å². The maximum Gasteiger partial charge on any atom is 0.254 e. The molecule has 0 N–H and O–H groups in total. The summed E-state index contributed by atoms with van der Waals surface area (Å²) < 4.78 is 24.2. The number of nitrogens with zero attached hydrogens (tertiary/aromatic N) is 1. The van der Waals surface area contributed by atoms with E-state index in [4.69, 9.17) is 0 Å². The maximum atomic E-state index is 12.9. The van der Waals surface area contributed by atoms with Crippen molar-refractivity contribution in [2.45, 2.75) is 77.5 Å². The minimum Gasteiger partial charge on any atom is -0.334 e. The van der Waals surface area contributed by atoms with Crippen molar-refractivity contribution in [3.05, 3.63) is 70.8 Å². The van der Waals surface area contributed by atoms with Gasteiger partial charge in [-0.3, -0.25) is 4.79 Å². The monoisotopic (exact) mass is 429 g/mol. The molecular weight excluding hydrogens is 394 g/mol. The van der Waals surface area contributed by atoms with E-state index < -0.39 is 9.84 Å². The molecule has 0 aliphatic rings. The molecule has 2 aromatic rings. The van der Waals surface area contributed by atoms with Crippen LogP contribution in [0.4, 0.5) is 0 Å². The van der Waals surface area contributed by atoms with Crippen LogP contribution < -0.4 is 0 Å². The van der Waals surface area contributed by atoms with E-state index in [-0.39, 0.29) is 29.0 Å². The third kappa shape index (κ3) is 6.43. The van der Waals surface area contributed by atoms with Gasteiger partial charge in [-0.15, -0.1) is 0 Å². The molecule has 0 aromatic heterocycles. The zero-order valence-corrected chi connectivity index (χ0v) is 19.9. The molecule has 0 bridgehead atoms. The standard InChI is InChI=1S/C25H35NO3S/c1-18(2)26(19(3)4)25(27)24-9-7-8-22(16-24)13-10-21-11-14-23(15-12-21)17-30(28,29)20(5)6/h7-9,11-12,14-16,18-20H,10,13,17H2,1-6H3. The van der Waals surface area contributed by atoms with Crippen molar-refractivity contribution in [1.29, 1.82) is 0 Å². The predicted octanol–water partition coefficient (Wildman–Crippen LogP) is 5.05. The Bertz CT molecular complexity index is 937. The van der Waals surface area contributed by atoms with Crippen LogP contribution >= 0.6 is 0 Å². The Morgan fingerprint density at radius 1 is 0.800 bits per heavy atom. The molecule has 164 valence electrons. The molecule has 4 nitrogen and oxygen atoms in total. The molecule has 0 aliphatic heterocycles. The number of benzene rings is 2. The van der Waals surface area contributed by atoms with Crippen LogP contribution in [0.5, 0.6) is 0 Å². The Morgan fingerprint density at radius 3 is 1.87 bits per heavy atom. The Balaban J connectivity index is 2.05. The number of hydrogen-bond acceptors (Lipinski definition) is 3. The zero-order chi connectivity index (χ0) is 22.5. The SMILES string of the molecule is CC(C)N(C(=O)c1cccc(CCc2ccc(CS(=O)(=O)C(C)C)cc2)c1)C(C)C. The van der Waals surface area contributed by atoms with Crippen molar-refractivity contribution in [2.24, 2.45) is 0 Å². The summed E-state index contributed by atoms with van der Waals surface area (Å²) in [4.78, 5) is 14.8. The van der Waals surface area contributed by atoms with E-state index in [9.17, 15) is 13.2 Å². The number of carbonyl (C=O) groups excluding carboxylic acids is 1. The molecule has 2 rings (SSSR count). The lowest BCUT2D eigenvalue weighted by atomic mass is 10.0. The van der Waals surface area contributed by atoms with Crippen LogP contribution in [0.15, 0.2) is 48.5 Å². The number of aryl methyl sites for hydroxylation is 2. The minimum absolute atomic E-state index is 0.0672. The fourth-order valence-electron chi connectivity index (χ4n) is 3.56. The summed E-state index contributed by atoms with van der Waals surface area (Å²) in [5.74, 6) is 0.148. The van der Waals surface area contributed by atoms with Gasteiger partial charge in [-0.2, -0.15) is 0 Å². The molecule has 0 fully saturated rings. The van der Waals surface area contributed by atoms with Crippen molar-refractivity contribution in [2.75, 3.05) is 0 Å². The van der Waals surface area contributed by atoms with Crippen molar-refractivity contribution in [3.8, 4) is 0 Å². The summed E-state index contributed by atoms with van der Waals surface area (Å²) >= 11 is 0. The lowest BCUT2D eigenvalue weighted by Crippen LogP contribution is -2.42. The van der Waals surface area contributed by atoms with Gasteiger partial charge in [0.1, 0.15) is 0 Å². The fraction of sp³-hybridized carbons (Fsp3) is 0.480. The second-order valence-electron chi connectivity index (χ2n) is 8.77. The molecule has 0 aliphatic carbocycles. The second kappa shape index (κ2) is 10.3. The number of amides is 1. The van der Waals surface area contributed by atoms with Crippen molar-refractivity contribution >= 4 is 15.7 Å². The molecule has 0 spiro atoms. The van der Waals surface area contributed by atoms with Crippen LogP contribution in [-0.4, -0.2) is 36.6 Å². The first kappa shape index (κ1) is 24.1. The van der Waals surface area contributed by atoms with E-state index in [1.54, 1.807) is 13.8 Å². The highest BCUT2D eigenvalue weighted by Gasteiger charge is 2.21. The number of sulfone groups is 1. The van der Waals surface area contributed by atoms with Crippen LogP contribution in [0.2, 0.25) is 0 Å². The van der Waals surface area contributed by atoms with Gasteiger partial charge >= 0.3 is 0 Å². The van der Waals surface area contributed by atoms with Gasteiger partial charge < -0.3 is 4.90 Å². The second-order valence-corrected chi connectivity index (χ2v) is 11.3. The molecule has 30 heavy (non-hydrogen) atoms. The van der Waals surface area contributed by atoms with Crippen LogP contribution in [0.3, 0.4) is 0 Å². The maximum absolute atomic E-state index is 12.9. The number of rotatable bonds is 9. The largest absolute Gasteiger partial charge is 0.334 e. The van der Waals surface area contributed by atoms with Gasteiger partial charge in [0.05, 0.1) is 11.0 Å². The first-order chi connectivity index (χ1) is 14.0. The third-order valence-electron chi connectivity index (χ3n) is 5.33. The molecule has 5 heteroatoms. The summed E-state index contributed by atoms with van der Waals surface area (Å²) in [6.45, 7) is 11.6. The quantitative estimate of drug-likeness (QED) is 0.560. The van der Waals surface area contributed by atoms with E-state index >= 15 is 0 Å². The van der Waals surface area contributed by atoms with Gasteiger partial charge in [0.25, 0.3) is 5.91 Å². The Labute approximate surface area is 182 Å². The zero-order valence-electron chi connectivity index (χ0n) is 19.1. The average Bonchev–Trinajstić information content (AvgIpc) is 2.66. The lowest BCUT2D eigenvalue weighted by Gasteiger charge is -2.31. The van der Waals surface area contributed by atoms with Crippen LogP contribution in [0.25, 0.3) is 0 Å². The normalized spacial score (nSPS) is 12.0. The van der Waals surface area contributed by atoms with Crippen LogP contribution in [0, 0.1) is 0 Å². The smallest absolute Gasteiger partial charge is 0.254 e. The molecule has 0 heterocycles. The molecule has 0 atom stereocenters. The molecule has 2 aromatic carbocycles. The molecule has 0 radical (unpaired) electrons. The van der Waals surface area contributed by atoms with E-state index in [1.165, 1.54) is 0 Å². The Morgan fingerprint density at radius 2 is 1.33 bits per heavy atom. The highest BCUT2D eigenvalue weighted by atomic mass is 32.2. The van der Waals surface area contributed by atoms with E-state index in [2.05, 4.69) is 6.07 Å². The van der Waals surface area contributed by atoms with Gasteiger partial charge in [-0.25, -0.2) is 8.42 Å². The van der Waals surface area contributed by atoms with Crippen molar-refractivity contribution in [3.63, 3.8) is 0 Å². The van der Waals surface area contributed by atoms with Crippen LogP contribution in [0.1, 0.15) is 68.6 Å². The van der Waals surface area contributed by atoms with Gasteiger partial charge in [-0.1, -0.05) is 36.4 Å². The Hall–Kier alpha value is -2.14. The van der Waals surface area contributed by atoms with Gasteiger partial charge in [0.15, 0.2) is 9.84 Å². The highest BCUT2D eigenvalue weighted by molar-refractivity contribution is 7.91. The summed E-state index contributed by atoms with van der Waals surface area (Å²) in [5, 5.41) is -0.366. The van der Waals surface area contributed by atoms with Crippen LogP contribution in [-0.2, 0) is 28.4 Å². The third-order valence-corrected chi connectivity index (χ3v) is 7.50. The summed E-state index contributed by atoms with van der Waals surface area (Å²) in [6, 6.07) is 16.0. The predicted molar refractivity (Wildman–Crippen MR) is 124 cm³/mol. The first-order valence-corrected chi connectivity index (χ1v) is 12.4. The van der Waals surface area contributed by atoms with Crippen molar-refractivity contribution < 1.29 is 13.2 Å². The molecule has 0 saturated heterocycles. The van der Waals surface area contributed by atoms with Gasteiger partial charge in [-0.05, 0) is 83.2 Å². The molecular formula is C25H35NO3S.